The molecule has 84 valence electrons. The highest BCUT2D eigenvalue weighted by atomic mass is 16.6. The van der Waals surface area contributed by atoms with Crippen LogP contribution in [0.25, 0.3) is 0 Å². The number of esters is 1. The summed E-state index contributed by atoms with van der Waals surface area (Å²) in [7, 11) is 1.59. The molecule has 0 aliphatic carbocycles. The molecule has 0 aromatic carbocycles. The third-order valence-electron chi connectivity index (χ3n) is 2.91. The molecule has 0 aromatic rings. The summed E-state index contributed by atoms with van der Waals surface area (Å²) >= 11 is 0. The first-order chi connectivity index (χ1) is 6.23. The van der Waals surface area contributed by atoms with E-state index >= 15 is 0 Å². The summed E-state index contributed by atoms with van der Waals surface area (Å²) in [4.78, 5) is 11.7. The highest BCUT2D eigenvalue weighted by molar-refractivity contribution is 5.76. The Kier molecular flexibility index (Phi) is 4.59. The second-order valence-electron chi connectivity index (χ2n) is 5.00. The van der Waals surface area contributed by atoms with E-state index in [-0.39, 0.29) is 11.4 Å². The van der Waals surface area contributed by atoms with E-state index in [4.69, 9.17) is 9.47 Å². The maximum Gasteiger partial charge on any atom is 0.312 e. The van der Waals surface area contributed by atoms with Crippen LogP contribution in [0.5, 0.6) is 0 Å². The van der Waals surface area contributed by atoms with Crippen LogP contribution >= 0.6 is 0 Å². The van der Waals surface area contributed by atoms with Crippen LogP contribution < -0.4 is 0 Å². The fraction of sp³-hybridized carbons (Fsp3) is 0.909. The van der Waals surface area contributed by atoms with Gasteiger partial charge in [0.1, 0.15) is 6.61 Å². The summed E-state index contributed by atoms with van der Waals surface area (Å²) < 4.78 is 9.92. The quantitative estimate of drug-likeness (QED) is 0.518. The molecule has 0 aromatic heterocycles. The lowest BCUT2D eigenvalue weighted by Crippen LogP contribution is -2.39. The molecule has 3 nitrogen and oxygen atoms in total. The van der Waals surface area contributed by atoms with Crippen molar-refractivity contribution < 1.29 is 14.3 Å². The lowest BCUT2D eigenvalue weighted by Gasteiger charge is -2.36. The van der Waals surface area contributed by atoms with Crippen molar-refractivity contribution >= 4 is 5.97 Å². The minimum atomic E-state index is -0.471. The molecule has 0 heterocycles. The second-order valence-corrected chi connectivity index (χ2v) is 5.00. The third kappa shape index (κ3) is 3.29. The van der Waals surface area contributed by atoms with Gasteiger partial charge >= 0.3 is 5.97 Å². The van der Waals surface area contributed by atoms with Gasteiger partial charge in [0.2, 0.25) is 0 Å². The summed E-state index contributed by atoms with van der Waals surface area (Å²) in [5, 5.41) is 0. The fourth-order valence-electron chi connectivity index (χ4n) is 0.704. The third-order valence-corrected chi connectivity index (χ3v) is 2.91. The molecule has 0 saturated carbocycles. The summed E-state index contributed by atoms with van der Waals surface area (Å²) in [6.45, 7) is 10.7. The Morgan fingerprint density at radius 1 is 1.07 bits per heavy atom. The Morgan fingerprint density at radius 3 is 1.93 bits per heavy atom. The van der Waals surface area contributed by atoms with Crippen LogP contribution in [0.1, 0.15) is 34.6 Å². The summed E-state index contributed by atoms with van der Waals surface area (Å²) in [5.41, 5.74) is -0.572. The monoisotopic (exact) mass is 202 g/mol. The van der Waals surface area contributed by atoms with Crippen LogP contribution in [-0.4, -0.2) is 26.3 Å². The lowest BCUT2D eigenvalue weighted by molar-refractivity contribution is -0.161. The standard InChI is InChI=1S/C11H22O3/c1-10(2,3)11(4,5)9(12)14-8-7-13-6/h7-8H2,1-6H3. The molecule has 0 spiro atoms. The molecule has 0 N–H and O–H groups in total. The van der Waals surface area contributed by atoms with E-state index in [0.29, 0.717) is 13.2 Å². The zero-order valence-electron chi connectivity index (χ0n) is 10.1. The maximum absolute atomic E-state index is 11.7. The number of carbonyl (C=O) groups excluding carboxylic acids is 1. The number of rotatable bonds is 4. The van der Waals surface area contributed by atoms with Gasteiger partial charge in [-0.15, -0.1) is 0 Å². The van der Waals surface area contributed by atoms with E-state index in [2.05, 4.69) is 0 Å². The van der Waals surface area contributed by atoms with Crippen LogP contribution in [0.15, 0.2) is 0 Å². The molecule has 0 fully saturated rings. The molecular weight excluding hydrogens is 180 g/mol. The predicted octanol–water partition coefficient (Wildman–Crippen LogP) is 2.25. The Balaban J connectivity index is 4.23. The van der Waals surface area contributed by atoms with E-state index < -0.39 is 5.41 Å². The van der Waals surface area contributed by atoms with Crippen molar-refractivity contribution in [3.63, 3.8) is 0 Å². The van der Waals surface area contributed by atoms with Crippen molar-refractivity contribution in [2.45, 2.75) is 34.6 Å². The molecule has 0 radical (unpaired) electrons. The van der Waals surface area contributed by atoms with Crippen molar-refractivity contribution in [1.82, 2.24) is 0 Å². The van der Waals surface area contributed by atoms with Gasteiger partial charge in [-0.2, -0.15) is 0 Å². The Hall–Kier alpha value is -0.570. The van der Waals surface area contributed by atoms with E-state index in [9.17, 15) is 4.79 Å². The number of hydrogen-bond acceptors (Lipinski definition) is 3. The van der Waals surface area contributed by atoms with E-state index in [0.717, 1.165) is 0 Å². The predicted molar refractivity (Wildman–Crippen MR) is 56.1 cm³/mol. The van der Waals surface area contributed by atoms with Crippen molar-refractivity contribution in [2.75, 3.05) is 20.3 Å². The van der Waals surface area contributed by atoms with Crippen LogP contribution in [0.2, 0.25) is 0 Å². The van der Waals surface area contributed by atoms with Gasteiger partial charge in [-0.1, -0.05) is 20.8 Å². The Morgan fingerprint density at radius 2 is 1.57 bits per heavy atom. The molecular formula is C11H22O3. The average Bonchev–Trinajstić information content (AvgIpc) is 2.02. The molecule has 0 aliphatic heterocycles. The zero-order chi connectivity index (χ0) is 11.4. The van der Waals surface area contributed by atoms with Crippen LogP contribution in [-0.2, 0) is 14.3 Å². The molecule has 0 aliphatic rings. The van der Waals surface area contributed by atoms with Crippen molar-refractivity contribution in [3.8, 4) is 0 Å². The average molecular weight is 202 g/mol. The van der Waals surface area contributed by atoms with Gasteiger partial charge in [-0.25, -0.2) is 0 Å². The first-order valence-corrected chi connectivity index (χ1v) is 4.89. The first kappa shape index (κ1) is 13.4. The molecule has 0 bridgehead atoms. The minimum Gasteiger partial charge on any atom is -0.463 e. The van der Waals surface area contributed by atoms with Gasteiger partial charge in [0, 0.05) is 7.11 Å². The summed E-state index contributed by atoms with van der Waals surface area (Å²) in [6.07, 6.45) is 0. The smallest absolute Gasteiger partial charge is 0.312 e. The first-order valence-electron chi connectivity index (χ1n) is 4.89. The summed E-state index contributed by atoms with van der Waals surface area (Å²) in [5.74, 6) is -0.165. The van der Waals surface area contributed by atoms with Gasteiger partial charge in [0.05, 0.1) is 12.0 Å². The molecule has 0 saturated heterocycles. The van der Waals surface area contributed by atoms with Gasteiger partial charge < -0.3 is 9.47 Å². The molecule has 3 heteroatoms. The number of ether oxygens (including phenoxy) is 2. The van der Waals surface area contributed by atoms with Gasteiger partial charge in [-0.05, 0) is 19.3 Å². The second kappa shape index (κ2) is 4.78. The molecule has 0 unspecified atom stereocenters. The molecule has 0 amide bonds. The highest BCUT2D eigenvalue weighted by Gasteiger charge is 2.40. The van der Waals surface area contributed by atoms with Crippen LogP contribution in [0, 0.1) is 10.8 Å². The highest BCUT2D eigenvalue weighted by Crippen LogP contribution is 2.38. The molecule has 14 heavy (non-hydrogen) atoms. The van der Waals surface area contributed by atoms with Gasteiger partial charge in [0.15, 0.2) is 0 Å². The number of carbonyl (C=O) groups is 1. The van der Waals surface area contributed by atoms with Gasteiger partial charge in [-0.3, -0.25) is 4.79 Å². The summed E-state index contributed by atoms with van der Waals surface area (Å²) in [6, 6.07) is 0. The number of methoxy groups -OCH3 is 1. The van der Waals surface area contributed by atoms with Gasteiger partial charge in [0.25, 0.3) is 0 Å². The van der Waals surface area contributed by atoms with Crippen LogP contribution in [0.3, 0.4) is 0 Å². The van der Waals surface area contributed by atoms with E-state index in [1.54, 1.807) is 7.11 Å². The fourth-order valence-corrected chi connectivity index (χ4v) is 0.704. The Bertz CT molecular complexity index is 189. The van der Waals surface area contributed by atoms with Crippen molar-refractivity contribution in [2.24, 2.45) is 10.8 Å². The van der Waals surface area contributed by atoms with Crippen LogP contribution in [0.4, 0.5) is 0 Å². The molecule has 0 rings (SSSR count). The van der Waals surface area contributed by atoms with E-state index in [1.165, 1.54) is 0 Å². The van der Waals surface area contributed by atoms with E-state index in [1.807, 2.05) is 34.6 Å². The van der Waals surface area contributed by atoms with Crippen molar-refractivity contribution in [3.05, 3.63) is 0 Å². The normalized spacial score (nSPS) is 12.7. The SMILES string of the molecule is COCCOC(=O)C(C)(C)C(C)(C)C. The molecule has 0 atom stereocenters. The number of hydrogen-bond donors (Lipinski definition) is 0. The minimum absolute atomic E-state index is 0.100. The largest absolute Gasteiger partial charge is 0.463 e. The topological polar surface area (TPSA) is 35.5 Å². The van der Waals surface area contributed by atoms with Crippen molar-refractivity contribution in [1.29, 1.82) is 0 Å². The maximum atomic E-state index is 11.7. The zero-order valence-corrected chi connectivity index (χ0v) is 10.1. The Labute approximate surface area is 86.8 Å². The lowest BCUT2D eigenvalue weighted by atomic mass is 9.69.